The molecule has 11 heavy (non-hydrogen) atoms. The second kappa shape index (κ2) is 3.05. The molecule has 0 saturated heterocycles. The first-order valence-corrected chi connectivity index (χ1v) is 3.24. The number of para-hydroxylation sites is 1. The molecule has 1 amide bonds. The topological polar surface area (TPSA) is 49.3 Å². The second-order valence-electron chi connectivity index (χ2n) is 2.23. The molecule has 0 heterocycles. The molecule has 0 aromatic heterocycles. The number of amides is 1. The van der Waals surface area contributed by atoms with E-state index in [9.17, 15) is 9.90 Å². The zero-order chi connectivity index (χ0) is 8.27. The average molecular weight is 151 g/mol. The van der Waals surface area contributed by atoms with Crippen molar-refractivity contribution >= 4 is 12.1 Å². The molecule has 0 aliphatic rings. The zero-order valence-corrected chi connectivity index (χ0v) is 6.16. The van der Waals surface area contributed by atoms with E-state index in [2.05, 4.69) is 5.32 Å². The van der Waals surface area contributed by atoms with E-state index in [1.54, 1.807) is 25.1 Å². The summed E-state index contributed by atoms with van der Waals surface area (Å²) in [5.74, 6) is 0.125. The molecular weight excluding hydrogens is 142 g/mol. The molecule has 3 heteroatoms. The fourth-order valence-corrected chi connectivity index (χ4v) is 0.839. The number of rotatable bonds is 2. The molecule has 0 fully saturated rings. The Kier molecular flexibility index (Phi) is 2.11. The van der Waals surface area contributed by atoms with Gasteiger partial charge in [-0.05, 0) is 18.6 Å². The predicted octanol–water partition coefficient (Wildman–Crippen LogP) is 1.27. The third-order valence-corrected chi connectivity index (χ3v) is 1.45. The van der Waals surface area contributed by atoms with E-state index in [-0.39, 0.29) is 5.75 Å². The Labute approximate surface area is 64.7 Å². The van der Waals surface area contributed by atoms with Crippen molar-refractivity contribution in [1.82, 2.24) is 0 Å². The smallest absolute Gasteiger partial charge is 0.211 e. The SMILES string of the molecule is Cc1cccc(NC=O)c1O. The van der Waals surface area contributed by atoms with Crippen LogP contribution in [0.3, 0.4) is 0 Å². The van der Waals surface area contributed by atoms with Crippen LogP contribution in [0.1, 0.15) is 5.56 Å². The number of phenolic OH excluding ortho intramolecular Hbond substituents is 1. The van der Waals surface area contributed by atoms with Crippen LogP contribution >= 0.6 is 0 Å². The van der Waals surface area contributed by atoms with Crippen LogP contribution < -0.4 is 5.32 Å². The first-order chi connectivity index (χ1) is 5.25. The highest BCUT2D eigenvalue weighted by atomic mass is 16.3. The summed E-state index contributed by atoms with van der Waals surface area (Å²) < 4.78 is 0. The maximum Gasteiger partial charge on any atom is 0.211 e. The van der Waals surface area contributed by atoms with E-state index in [0.29, 0.717) is 12.1 Å². The lowest BCUT2D eigenvalue weighted by atomic mass is 10.2. The molecule has 0 spiro atoms. The zero-order valence-electron chi connectivity index (χ0n) is 6.16. The van der Waals surface area contributed by atoms with Gasteiger partial charge in [-0.2, -0.15) is 0 Å². The monoisotopic (exact) mass is 151 g/mol. The summed E-state index contributed by atoms with van der Waals surface area (Å²) in [7, 11) is 0. The Bertz CT molecular complexity index is 271. The molecule has 0 bridgehead atoms. The number of anilines is 1. The van der Waals surface area contributed by atoms with E-state index < -0.39 is 0 Å². The fourth-order valence-electron chi connectivity index (χ4n) is 0.839. The molecule has 0 saturated carbocycles. The lowest BCUT2D eigenvalue weighted by Crippen LogP contribution is -1.94. The van der Waals surface area contributed by atoms with Crippen molar-refractivity contribution in [3.8, 4) is 5.75 Å². The van der Waals surface area contributed by atoms with Gasteiger partial charge in [0.2, 0.25) is 6.41 Å². The molecule has 1 aromatic carbocycles. The van der Waals surface area contributed by atoms with Gasteiger partial charge in [0.05, 0.1) is 5.69 Å². The van der Waals surface area contributed by atoms with Crippen LogP contribution in [0.25, 0.3) is 0 Å². The third-order valence-electron chi connectivity index (χ3n) is 1.45. The van der Waals surface area contributed by atoms with Crippen molar-refractivity contribution in [1.29, 1.82) is 0 Å². The largest absolute Gasteiger partial charge is 0.505 e. The van der Waals surface area contributed by atoms with Crippen LogP contribution in [0.2, 0.25) is 0 Å². The van der Waals surface area contributed by atoms with Gasteiger partial charge in [0, 0.05) is 0 Å². The van der Waals surface area contributed by atoms with Crippen molar-refractivity contribution in [3.63, 3.8) is 0 Å². The predicted molar refractivity (Wildman–Crippen MR) is 42.5 cm³/mol. The van der Waals surface area contributed by atoms with Gasteiger partial charge in [0.25, 0.3) is 0 Å². The molecule has 0 radical (unpaired) electrons. The Morgan fingerprint density at radius 2 is 2.27 bits per heavy atom. The first-order valence-electron chi connectivity index (χ1n) is 3.24. The van der Waals surface area contributed by atoms with Gasteiger partial charge in [-0.1, -0.05) is 12.1 Å². The standard InChI is InChI=1S/C8H9NO2/c1-6-3-2-4-7(8(6)11)9-5-10/h2-5,11H,1H3,(H,9,10). The van der Waals surface area contributed by atoms with Gasteiger partial charge >= 0.3 is 0 Å². The Balaban J connectivity index is 3.05. The maximum atomic E-state index is 10.0. The third kappa shape index (κ3) is 1.49. The van der Waals surface area contributed by atoms with Crippen LogP contribution in [-0.4, -0.2) is 11.5 Å². The minimum atomic E-state index is 0.125. The average Bonchev–Trinajstić information content (AvgIpc) is 1.99. The minimum absolute atomic E-state index is 0.125. The van der Waals surface area contributed by atoms with E-state index in [1.807, 2.05) is 0 Å². The lowest BCUT2D eigenvalue weighted by molar-refractivity contribution is -0.105. The number of nitrogens with one attached hydrogen (secondary N) is 1. The number of aromatic hydroxyl groups is 1. The highest BCUT2D eigenvalue weighted by Gasteiger charge is 2.00. The molecule has 3 nitrogen and oxygen atoms in total. The normalized spacial score (nSPS) is 9.18. The maximum absolute atomic E-state index is 10.0. The van der Waals surface area contributed by atoms with Crippen LogP contribution in [0.4, 0.5) is 5.69 Å². The van der Waals surface area contributed by atoms with Gasteiger partial charge in [0.1, 0.15) is 5.75 Å². The lowest BCUT2D eigenvalue weighted by Gasteiger charge is -2.03. The number of hydrogen-bond acceptors (Lipinski definition) is 2. The minimum Gasteiger partial charge on any atom is -0.505 e. The van der Waals surface area contributed by atoms with Gasteiger partial charge in [-0.3, -0.25) is 4.79 Å². The Morgan fingerprint density at radius 3 is 2.91 bits per heavy atom. The number of carbonyl (C=O) groups excluding carboxylic acids is 1. The molecule has 0 unspecified atom stereocenters. The molecule has 0 aliphatic heterocycles. The van der Waals surface area contributed by atoms with Gasteiger partial charge < -0.3 is 10.4 Å². The van der Waals surface area contributed by atoms with E-state index in [4.69, 9.17) is 0 Å². The van der Waals surface area contributed by atoms with Crippen LogP contribution in [0.15, 0.2) is 18.2 Å². The number of benzene rings is 1. The van der Waals surface area contributed by atoms with Crippen molar-refractivity contribution in [2.75, 3.05) is 5.32 Å². The molecule has 0 aliphatic carbocycles. The molecule has 1 rings (SSSR count). The van der Waals surface area contributed by atoms with E-state index in [1.165, 1.54) is 0 Å². The number of carbonyl (C=O) groups is 1. The molecule has 58 valence electrons. The van der Waals surface area contributed by atoms with Gasteiger partial charge in [-0.25, -0.2) is 0 Å². The van der Waals surface area contributed by atoms with Crippen LogP contribution in [0, 0.1) is 6.92 Å². The van der Waals surface area contributed by atoms with Crippen LogP contribution in [-0.2, 0) is 4.79 Å². The molecular formula is C8H9NO2. The van der Waals surface area contributed by atoms with Crippen molar-refractivity contribution in [2.24, 2.45) is 0 Å². The number of phenols is 1. The summed E-state index contributed by atoms with van der Waals surface area (Å²) in [6.45, 7) is 1.77. The highest BCUT2D eigenvalue weighted by molar-refractivity contribution is 5.75. The summed E-state index contributed by atoms with van der Waals surface area (Å²) in [5.41, 5.74) is 1.19. The summed E-state index contributed by atoms with van der Waals surface area (Å²) in [5, 5.41) is 11.7. The van der Waals surface area contributed by atoms with Crippen LogP contribution in [0.5, 0.6) is 5.75 Å². The summed E-state index contributed by atoms with van der Waals surface area (Å²) in [6, 6.07) is 5.17. The van der Waals surface area contributed by atoms with Crippen molar-refractivity contribution in [2.45, 2.75) is 6.92 Å². The summed E-state index contributed by atoms with van der Waals surface area (Å²) in [4.78, 5) is 10.0. The first kappa shape index (κ1) is 7.60. The molecule has 2 N–H and O–H groups in total. The van der Waals surface area contributed by atoms with Crippen molar-refractivity contribution in [3.05, 3.63) is 23.8 Å². The van der Waals surface area contributed by atoms with E-state index >= 15 is 0 Å². The number of aryl methyl sites for hydroxylation is 1. The van der Waals surface area contributed by atoms with Crippen molar-refractivity contribution < 1.29 is 9.90 Å². The van der Waals surface area contributed by atoms with Gasteiger partial charge in [-0.15, -0.1) is 0 Å². The Hall–Kier alpha value is -1.51. The quantitative estimate of drug-likeness (QED) is 0.494. The highest BCUT2D eigenvalue weighted by Crippen LogP contribution is 2.25. The van der Waals surface area contributed by atoms with E-state index in [0.717, 1.165) is 5.56 Å². The fraction of sp³-hybridized carbons (Fsp3) is 0.125. The summed E-state index contributed by atoms with van der Waals surface area (Å²) >= 11 is 0. The molecule has 1 aromatic rings. The second-order valence-corrected chi connectivity index (χ2v) is 2.23. The Morgan fingerprint density at radius 1 is 1.55 bits per heavy atom. The van der Waals surface area contributed by atoms with Gasteiger partial charge in [0.15, 0.2) is 0 Å². The molecule has 0 atom stereocenters. The summed E-state index contributed by atoms with van der Waals surface area (Å²) in [6.07, 6.45) is 0.536. The number of hydrogen-bond donors (Lipinski definition) is 2.